The molecule has 0 aliphatic carbocycles. The summed E-state index contributed by atoms with van der Waals surface area (Å²) < 4.78 is 0. The topological polar surface area (TPSA) is 24.9 Å². The SMILES string of the molecule is CC(C)(C)c1cncc2c1CNCC2. The summed E-state index contributed by atoms with van der Waals surface area (Å²) >= 11 is 0. The largest absolute Gasteiger partial charge is 0.312 e. The first kappa shape index (κ1) is 9.66. The van der Waals surface area contributed by atoms with Crippen LogP contribution < -0.4 is 5.32 Å². The lowest BCUT2D eigenvalue weighted by molar-refractivity contribution is 0.555. The van der Waals surface area contributed by atoms with Gasteiger partial charge < -0.3 is 5.32 Å². The van der Waals surface area contributed by atoms with Crippen LogP contribution in [0.3, 0.4) is 0 Å². The zero-order chi connectivity index (χ0) is 10.2. The standard InChI is InChI=1S/C12H18N2/c1-12(2,3)11-8-14-6-9-4-5-13-7-10(9)11/h6,8,13H,4-5,7H2,1-3H3. The Morgan fingerprint density at radius 1 is 1.29 bits per heavy atom. The van der Waals surface area contributed by atoms with Gasteiger partial charge in [0.05, 0.1) is 0 Å². The van der Waals surface area contributed by atoms with E-state index >= 15 is 0 Å². The number of fused-ring (bicyclic) bond motifs is 1. The molecule has 2 heterocycles. The summed E-state index contributed by atoms with van der Waals surface area (Å²) in [5.41, 5.74) is 4.49. The average molecular weight is 190 g/mol. The van der Waals surface area contributed by atoms with E-state index in [2.05, 4.69) is 31.1 Å². The third kappa shape index (κ3) is 1.67. The number of hydrogen-bond acceptors (Lipinski definition) is 2. The lowest BCUT2D eigenvalue weighted by Crippen LogP contribution is -2.27. The first-order valence-corrected chi connectivity index (χ1v) is 5.26. The molecule has 2 heteroatoms. The van der Waals surface area contributed by atoms with Crippen molar-refractivity contribution >= 4 is 0 Å². The summed E-state index contributed by atoms with van der Waals surface area (Å²) in [5, 5.41) is 3.43. The van der Waals surface area contributed by atoms with E-state index in [1.165, 1.54) is 16.7 Å². The second-order valence-corrected chi connectivity index (χ2v) is 5.00. The second-order valence-electron chi connectivity index (χ2n) is 5.00. The van der Waals surface area contributed by atoms with Crippen molar-refractivity contribution in [2.45, 2.75) is 39.2 Å². The van der Waals surface area contributed by atoms with Crippen LogP contribution in [0.2, 0.25) is 0 Å². The molecular weight excluding hydrogens is 172 g/mol. The van der Waals surface area contributed by atoms with Crippen molar-refractivity contribution in [2.75, 3.05) is 6.54 Å². The Morgan fingerprint density at radius 3 is 2.79 bits per heavy atom. The molecule has 0 saturated carbocycles. The summed E-state index contributed by atoms with van der Waals surface area (Å²) in [7, 11) is 0. The molecule has 1 aromatic heterocycles. The van der Waals surface area contributed by atoms with E-state index in [0.29, 0.717) is 0 Å². The minimum atomic E-state index is 0.206. The second kappa shape index (κ2) is 3.35. The zero-order valence-corrected chi connectivity index (χ0v) is 9.22. The van der Waals surface area contributed by atoms with E-state index in [9.17, 15) is 0 Å². The maximum absolute atomic E-state index is 4.34. The number of nitrogens with zero attached hydrogens (tertiary/aromatic N) is 1. The van der Waals surface area contributed by atoms with Gasteiger partial charge in [0.1, 0.15) is 0 Å². The Kier molecular flexibility index (Phi) is 2.31. The van der Waals surface area contributed by atoms with Gasteiger partial charge in [-0.15, -0.1) is 0 Å². The fourth-order valence-corrected chi connectivity index (χ4v) is 2.04. The molecule has 1 aliphatic heterocycles. The van der Waals surface area contributed by atoms with Crippen molar-refractivity contribution in [3.05, 3.63) is 29.1 Å². The molecule has 2 nitrogen and oxygen atoms in total. The Morgan fingerprint density at radius 2 is 2.07 bits per heavy atom. The molecule has 1 N–H and O–H groups in total. The van der Waals surface area contributed by atoms with Gasteiger partial charge in [0.25, 0.3) is 0 Å². The normalized spacial score (nSPS) is 16.5. The summed E-state index contributed by atoms with van der Waals surface area (Å²) in [4.78, 5) is 4.34. The smallest absolute Gasteiger partial charge is 0.0308 e. The van der Waals surface area contributed by atoms with E-state index in [4.69, 9.17) is 0 Å². The molecule has 0 saturated heterocycles. The highest BCUT2D eigenvalue weighted by Gasteiger charge is 2.21. The third-order valence-electron chi connectivity index (χ3n) is 2.83. The number of hydrogen-bond donors (Lipinski definition) is 1. The molecule has 0 bridgehead atoms. The molecule has 0 atom stereocenters. The molecule has 1 aliphatic rings. The lowest BCUT2D eigenvalue weighted by atomic mass is 9.82. The van der Waals surface area contributed by atoms with Crippen LogP contribution in [0.4, 0.5) is 0 Å². The van der Waals surface area contributed by atoms with Crippen molar-refractivity contribution < 1.29 is 0 Å². The maximum Gasteiger partial charge on any atom is 0.0308 e. The predicted octanol–water partition coefficient (Wildman–Crippen LogP) is 2.02. The molecule has 76 valence electrons. The molecule has 0 unspecified atom stereocenters. The summed E-state index contributed by atoms with van der Waals surface area (Å²) in [6, 6.07) is 0. The fourth-order valence-electron chi connectivity index (χ4n) is 2.04. The van der Waals surface area contributed by atoms with Crippen LogP contribution >= 0.6 is 0 Å². The molecule has 1 aromatic rings. The molecule has 0 aromatic carbocycles. The summed E-state index contributed by atoms with van der Waals surface area (Å²) in [6.45, 7) is 8.84. The quantitative estimate of drug-likeness (QED) is 0.677. The lowest BCUT2D eigenvalue weighted by Gasteiger charge is -2.27. The number of rotatable bonds is 0. The molecule has 0 fully saturated rings. The van der Waals surface area contributed by atoms with Crippen molar-refractivity contribution in [1.29, 1.82) is 0 Å². The minimum absolute atomic E-state index is 0.206. The third-order valence-corrected chi connectivity index (χ3v) is 2.83. The summed E-state index contributed by atoms with van der Waals surface area (Å²) in [5.74, 6) is 0. The van der Waals surface area contributed by atoms with Gasteiger partial charge in [-0.3, -0.25) is 4.98 Å². The van der Waals surface area contributed by atoms with Crippen LogP contribution in [0, 0.1) is 0 Å². The molecule has 0 spiro atoms. The zero-order valence-electron chi connectivity index (χ0n) is 9.22. The van der Waals surface area contributed by atoms with Gasteiger partial charge in [0.15, 0.2) is 0 Å². The van der Waals surface area contributed by atoms with Crippen LogP contribution in [0.5, 0.6) is 0 Å². The average Bonchev–Trinajstić information content (AvgIpc) is 2.15. The van der Waals surface area contributed by atoms with Crippen LogP contribution in [-0.2, 0) is 18.4 Å². The van der Waals surface area contributed by atoms with E-state index in [-0.39, 0.29) is 5.41 Å². The molecule has 0 radical (unpaired) electrons. The Hall–Kier alpha value is -0.890. The highest BCUT2D eigenvalue weighted by atomic mass is 14.9. The maximum atomic E-state index is 4.34. The van der Waals surface area contributed by atoms with Crippen molar-refractivity contribution in [1.82, 2.24) is 10.3 Å². The number of aromatic nitrogens is 1. The highest BCUT2D eigenvalue weighted by Crippen LogP contribution is 2.28. The van der Waals surface area contributed by atoms with E-state index < -0.39 is 0 Å². The first-order valence-electron chi connectivity index (χ1n) is 5.26. The van der Waals surface area contributed by atoms with Gasteiger partial charge in [-0.25, -0.2) is 0 Å². The van der Waals surface area contributed by atoms with E-state index in [1.54, 1.807) is 0 Å². The minimum Gasteiger partial charge on any atom is -0.312 e. The number of nitrogens with one attached hydrogen (secondary N) is 1. The van der Waals surface area contributed by atoms with Gasteiger partial charge in [-0.05, 0) is 35.1 Å². The van der Waals surface area contributed by atoms with Gasteiger partial charge in [0, 0.05) is 18.9 Å². The first-order chi connectivity index (χ1) is 6.59. The molecule has 2 rings (SSSR count). The van der Waals surface area contributed by atoms with E-state index in [0.717, 1.165) is 19.5 Å². The Labute approximate surface area is 85.7 Å². The predicted molar refractivity (Wildman–Crippen MR) is 58.3 cm³/mol. The summed E-state index contributed by atoms with van der Waals surface area (Å²) in [6.07, 6.45) is 5.16. The molecular formula is C12H18N2. The van der Waals surface area contributed by atoms with E-state index in [1.807, 2.05) is 12.4 Å². The molecule has 14 heavy (non-hydrogen) atoms. The monoisotopic (exact) mass is 190 g/mol. The van der Waals surface area contributed by atoms with Gasteiger partial charge in [-0.1, -0.05) is 20.8 Å². The molecule has 0 amide bonds. The Balaban J connectivity index is 2.51. The van der Waals surface area contributed by atoms with Crippen molar-refractivity contribution in [2.24, 2.45) is 0 Å². The van der Waals surface area contributed by atoms with Crippen LogP contribution in [-0.4, -0.2) is 11.5 Å². The van der Waals surface area contributed by atoms with Crippen LogP contribution in [0.15, 0.2) is 12.4 Å². The van der Waals surface area contributed by atoms with Gasteiger partial charge in [-0.2, -0.15) is 0 Å². The van der Waals surface area contributed by atoms with Crippen molar-refractivity contribution in [3.8, 4) is 0 Å². The van der Waals surface area contributed by atoms with Gasteiger partial charge in [0.2, 0.25) is 0 Å². The van der Waals surface area contributed by atoms with Crippen molar-refractivity contribution in [3.63, 3.8) is 0 Å². The Bertz CT molecular complexity index is 337. The highest BCUT2D eigenvalue weighted by molar-refractivity contribution is 5.37. The fraction of sp³-hybridized carbons (Fsp3) is 0.583. The number of pyridine rings is 1. The van der Waals surface area contributed by atoms with Gasteiger partial charge >= 0.3 is 0 Å². The van der Waals surface area contributed by atoms with Crippen LogP contribution in [0.1, 0.15) is 37.5 Å². The van der Waals surface area contributed by atoms with Crippen LogP contribution in [0.25, 0.3) is 0 Å².